The van der Waals surface area contributed by atoms with E-state index in [0.29, 0.717) is 13.1 Å². The molecule has 0 N–H and O–H groups in total. The largest absolute Gasteiger partial charge is 0.573 e. The van der Waals surface area contributed by atoms with Crippen molar-refractivity contribution in [1.29, 1.82) is 0 Å². The molecule has 27 heavy (non-hydrogen) atoms. The lowest BCUT2D eigenvalue weighted by atomic mass is 9.56. The van der Waals surface area contributed by atoms with Crippen LogP contribution in [-0.4, -0.2) is 36.0 Å². The number of hydrogen-bond donors (Lipinski definition) is 0. The van der Waals surface area contributed by atoms with Gasteiger partial charge in [-0.2, -0.15) is 0 Å². The summed E-state index contributed by atoms with van der Waals surface area (Å²) in [5.74, 6) is 0.0792. The lowest BCUT2D eigenvalue weighted by Gasteiger charge is -2.52. The molecule has 1 aliphatic carbocycles. The van der Waals surface area contributed by atoms with Crippen molar-refractivity contribution in [3.8, 4) is 5.75 Å². The van der Waals surface area contributed by atoms with E-state index in [4.69, 9.17) is 4.74 Å². The SMILES string of the molecule is CC(C)(C)OC(=O)N1CCC2(CC1)CC(c1cccc(OC(F)(F)F)c1)C2. The standard InChI is InChI=1S/C20H26F3NO3/c1-18(2,3)27-17(25)24-9-7-19(8-10-24)12-15(13-19)14-5-4-6-16(11-14)26-20(21,22)23/h4-6,11,15H,7-10,12-13H2,1-3H3. The third-order valence-corrected chi connectivity index (χ3v) is 5.40. The lowest BCUT2D eigenvalue weighted by molar-refractivity contribution is -0.274. The van der Waals surface area contributed by atoms with Crippen LogP contribution in [0.4, 0.5) is 18.0 Å². The second-order valence-corrected chi connectivity index (χ2v) is 8.69. The normalized spacial score (nSPS) is 20.3. The highest BCUT2D eigenvalue weighted by atomic mass is 19.4. The molecule has 2 fully saturated rings. The molecule has 1 saturated carbocycles. The van der Waals surface area contributed by atoms with Gasteiger partial charge in [0.15, 0.2) is 0 Å². The van der Waals surface area contributed by atoms with Gasteiger partial charge in [0, 0.05) is 13.1 Å². The fraction of sp³-hybridized carbons (Fsp3) is 0.650. The molecule has 0 radical (unpaired) electrons. The van der Waals surface area contributed by atoms with Gasteiger partial charge in [0.25, 0.3) is 0 Å². The van der Waals surface area contributed by atoms with Gasteiger partial charge in [0.2, 0.25) is 0 Å². The zero-order valence-electron chi connectivity index (χ0n) is 15.9. The van der Waals surface area contributed by atoms with Crippen LogP contribution >= 0.6 is 0 Å². The first-order chi connectivity index (χ1) is 12.4. The Bertz CT molecular complexity index is 680. The average Bonchev–Trinajstić information content (AvgIpc) is 2.49. The number of alkyl halides is 3. The molecule has 150 valence electrons. The molecule has 0 bridgehead atoms. The molecule has 7 heteroatoms. The van der Waals surface area contributed by atoms with Crippen LogP contribution in [0.15, 0.2) is 24.3 Å². The van der Waals surface area contributed by atoms with Crippen LogP contribution in [-0.2, 0) is 4.74 Å². The fourth-order valence-corrected chi connectivity index (χ4v) is 4.09. The van der Waals surface area contributed by atoms with E-state index in [1.165, 1.54) is 12.1 Å². The molecule has 1 spiro atoms. The summed E-state index contributed by atoms with van der Waals surface area (Å²) in [4.78, 5) is 13.9. The number of carbonyl (C=O) groups excluding carboxylic acids is 1. The zero-order chi connectivity index (χ0) is 19.9. The Kier molecular flexibility index (Phi) is 5.08. The summed E-state index contributed by atoms with van der Waals surface area (Å²) in [6.45, 7) is 6.88. The van der Waals surface area contributed by atoms with Gasteiger partial charge in [-0.1, -0.05) is 12.1 Å². The number of likely N-dealkylation sites (tertiary alicyclic amines) is 1. The number of rotatable bonds is 2. The molecule has 1 aromatic rings. The van der Waals surface area contributed by atoms with Crippen molar-refractivity contribution in [3.05, 3.63) is 29.8 Å². The van der Waals surface area contributed by atoms with Crippen LogP contribution in [0, 0.1) is 5.41 Å². The Balaban J connectivity index is 1.53. The first kappa shape index (κ1) is 19.8. The summed E-state index contributed by atoms with van der Waals surface area (Å²) in [5, 5.41) is 0. The van der Waals surface area contributed by atoms with Crippen LogP contribution in [0.5, 0.6) is 5.75 Å². The van der Waals surface area contributed by atoms with Gasteiger partial charge >= 0.3 is 12.5 Å². The van der Waals surface area contributed by atoms with Crippen molar-refractivity contribution in [1.82, 2.24) is 4.90 Å². The van der Waals surface area contributed by atoms with Gasteiger partial charge in [0.05, 0.1) is 0 Å². The zero-order valence-corrected chi connectivity index (χ0v) is 15.9. The third-order valence-electron chi connectivity index (χ3n) is 5.40. The monoisotopic (exact) mass is 385 g/mol. The van der Waals surface area contributed by atoms with E-state index < -0.39 is 12.0 Å². The molecule has 3 rings (SSSR count). The van der Waals surface area contributed by atoms with Gasteiger partial charge in [-0.3, -0.25) is 0 Å². The number of piperidine rings is 1. The first-order valence-corrected chi connectivity index (χ1v) is 9.28. The number of amides is 1. The maximum Gasteiger partial charge on any atom is 0.573 e. The maximum atomic E-state index is 12.4. The van der Waals surface area contributed by atoms with E-state index in [-0.39, 0.29) is 23.2 Å². The topological polar surface area (TPSA) is 38.8 Å². The minimum atomic E-state index is -4.67. The third kappa shape index (κ3) is 5.08. The first-order valence-electron chi connectivity index (χ1n) is 9.28. The fourth-order valence-electron chi connectivity index (χ4n) is 4.09. The minimum Gasteiger partial charge on any atom is -0.444 e. The van der Waals surface area contributed by atoms with Crippen molar-refractivity contribution in [2.75, 3.05) is 13.1 Å². The Morgan fingerprint density at radius 2 is 1.78 bits per heavy atom. The van der Waals surface area contributed by atoms with Crippen LogP contribution in [0.3, 0.4) is 0 Å². The molecule has 1 amide bonds. The van der Waals surface area contributed by atoms with E-state index in [0.717, 1.165) is 31.2 Å². The molecule has 1 saturated heterocycles. The summed E-state index contributed by atoms with van der Waals surface area (Å²) in [6, 6.07) is 6.27. The Morgan fingerprint density at radius 3 is 2.33 bits per heavy atom. The quantitative estimate of drug-likeness (QED) is 0.677. The minimum absolute atomic E-state index is 0.166. The van der Waals surface area contributed by atoms with Gasteiger partial charge in [0.1, 0.15) is 11.4 Å². The van der Waals surface area contributed by atoms with Crippen molar-refractivity contribution < 1.29 is 27.4 Å². The van der Waals surface area contributed by atoms with Gasteiger partial charge < -0.3 is 14.4 Å². The molecule has 2 aliphatic rings. The summed E-state index contributed by atoms with van der Waals surface area (Å²) >= 11 is 0. The van der Waals surface area contributed by atoms with Crippen molar-refractivity contribution in [2.45, 2.75) is 64.3 Å². The smallest absolute Gasteiger partial charge is 0.444 e. The number of nitrogens with zero attached hydrogens (tertiary/aromatic N) is 1. The summed E-state index contributed by atoms with van der Waals surface area (Å²) in [5.41, 5.74) is 0.568. The van der Waals surface area contributed by atoms with E-state index >= 15 is 0 Å². The van der Waals surface area contributed by atoms with E-state index in [2.05, 4.69) is 4.74 Å². The molecule has 4 nitrogen and oxygen atoms in total. The second kappa shape index (κ2) is 6.91. The number of hydrogen-bond acceptors (Lipinski definition) is 3. The Labute approximate surface area is 157 Å². The van der Waals surface area contributed by atoms with E-state index in [1.54, 1.807) is 11.0 Å². The highest BCUT2D eigenvalue weighted by molar-refractivity contribution is 5.68. The van der Waals surface area contributed by atoms with Gasteiger partial charge in [-0.25, -0.2) is 4.79 Å². The average molecular weight is 385 g/mol. The van der Waals surface area contributed by atoms with Gasteiger partial charge in [-0.15, -0.1) is 13.2 Å². The van der Waals surface area contributed by atoms with Crippen molar-refractivity contribution in [2.24, 2.45) is 5.41 Å². The van der Waals surface area contributed by atoms with Crippen LogP contribution < -0.4 is 4.74 Å². The lowest BCUT2D eigenvalue weighted by Crippen LogP contribution is -2.49. The second-order valence-electron chi connectivity index (χ2n) is 8.69. The molecule has 1 aliphatic heterocycles. The molecule has 0 unspecified atom stereocenters. The highest BCUT2D eigenvalue weighted by Gasteiger charge is 2.47. The molecule has 1 aromatic carbocycles. The molecule has 1 heterocycles. The Morgan fingerprint density at radius 1 is 1.15 bits per heavy atom. The van der Waals surface area contributed by atoms with Crippen LogP contribution in [0.2, 0.25) is 0 Å². The number of benzene rings is 1. The maximum absolute atomic E-state index is 12.4. The predicted molar refractivity (Wildman–Crippen MR) is 94.6 cm³/mol. The van der Waals surface area contributed by atoms with E-state index in [9.17, 15) is 18.0 Å². The molecule has 0 aromatic heterocycles. The van der Waals surface area contributed by atoms with Crippen molar-refractivity contribution >= 4 is 6.09 Å². The summed E-state index contributed by atoms with van der Waals surface area (Å²) in [7, 11) is 0. The summed E-state index contributed by atoms with van der Waals surface area (Å²) in [6.07, 6.45) is -1.27. The molecule has 0 atom stereocenters. The van der Waals surface area contributed by atoms with Crippen LogP contribution in [0.25, 0.3) is 0 Å². The Hall–Kier alpha value is -1.92. The highest BCUT2D eigenvalue weighted by Crippen LogP contribution is 2.57. The molecular weight excluding hydrogens is 359 g/mol. The predicted octanol–water partition coefficient (Wildman–Crippen LogP) is 5.48. The summed E-state index contributed by atoms with van der Waals surface area (Å²) < 4.78 is 46.6. The van der Waals surface area contributed by atoms with Crippen molar-refractivity contribution in [3.63, 3.8) is 0 Å². The number of halogens is 3. The van der Waals surface area contributed by atoms with Gasteiger partial charge in [-0.05, 0) is 75.5 Å². The number of ether oxygens (including phenoxy) is 2. The molecular formula is C20H26F3NO3. The van der Waals surface area contributed by atoms with Crippen LogP contribution in [0.1, 0.15) is 57.9 Å². The number of carbonyl (C=O) groups is 1. The van der Waals surface area contributed by atoms with E-state index in [1.807, 2.05) is 26.8 Å².